The number of carboxylic acid groups (broad SMARTS) is 1. The van der Waals surface area contributed by atoms with Gasteiger partial charge in [-0.2, -0.15) is 11.8 Å². The van der Waals surface area contributed by atoms with E-state index < -0.39 is 10.9 Å². The molecule has 20 heavy (non-hydrogen) atoms. The van der Waals surface area contributed by atoms with Crippen LogP contribution in [0.5, 0.6) is 0 Å². The minimum atomic E-state index is -0.833. The Balaban J connectivity index is 2.27. The number of hydrogen-bond donors (Lipinski definition) is 1. The molecule has 1 atom stereocenters. The predicted octanol–water partition coefficient (Wildman–Crippen LogP) is 2.75. The van der Waals surface area contributed by atoms with Crippen molar-refractivity contribution in [1.82, 2.24) is 0 Å². The number of anilines is 1. The van der Waals surface area contributed by atoms with E-state index in [9.17, 15) is 14.9 Å². The Morgan fingerprint density at radius 1 is 1.60 bits per heavy atom. The normalized spacial score (nSPS) is 18.9. The first-order valence-corrected chi connectivity index (χ1v) is 7.94. The Kier molecular flexibility index (Phi) is 4.87. The van der Waals surface area contributed by atoms with E-state index in [0.717, 1.165) is 23.7 Å². The molecule has 1 heterocycles. The van der Waals surface area contributed by atoms with E-state index in [0.29, 0.717) is 4.47 Å². The van der Waals surface area contributed by atoms with Gasteiger partial charge in [0.15, 0.2) is 0 Å². The molecule has 0 radical (unpaired) electrons. The fourth-order valence-corrected chi connectivity index (χ4v) is 3.84. The molecule has 1 saturated heterocycles. The summed E-state index contributed by atoms with van der Waals surface area (Å²) in [5.74, 6) is 0.829. The van der Waals surface area contributed by atoms with E-state index in [-0.39, 0.29) is 18.2 Å². The van der Waals surface area contributed by atoms with Crippen molar-refractivity contribution in [3.05, 3.63) is 32.8 Å². The van der Waals surface area contributed by atoms with Gasteiger partial charge in [0, 0.05) is 40.7 Å². The molecule has 108 valence electrons. The Morgan fingerprint density at radius 2 is 2.35 bits per heavy atom. The van der Waals surface area contributed by atoms with Crippen LogP contribution in [0.3, 0.4) is 0 Å². The quantitative estimate of drug-likeness (QED) is 0.656. The van der Waals surface area contributed by atoms with Gasteiger partial charge in [-0.3, -0.25) is 14.9 Å². The molecule has 1 fully saturated rings. The highest BCUT2D eigenvalue weighted by Gasteiger charge is 2.27. The molecule has 0 bridgehead atoms. The molecule has 0 amide bonds. The van der Waals surface area contributed by atoms with E-state index in [1.807, 2.05) is 4.90 Å². The van der Waals surface area contributed by atoms with Crippen LogP contribution in [0.2, 0.25) is 0 Å². The standard InChI is InChI=1S/C12H13BrN2O4S/c13-10-5-8(15(18)19)1-2-11(10)14-3-4-20-7-9(14)6-12(16)17/h1-2,5,9H,3-4,6-7H2,(H,16,17). The highest BCUT2D eigenvalue weighted by molar-refractivity contribution is 9.10. The summed E-state index contributed by atoms with van der Waals surface area (Å²) < 4.78 is 0.619. The monoisotopic (exact) mass is 360 g/mol. The maximum Gasteiger partial charge on any atom is 0.305 e. The number of benzene rings is 1. The zero-order valence-corrected chi connectivity index (χ0v) is 12.9. The Morgan fingerprint density at radius 3 is 2.95 bits per heavy atom. The van der Waals surface area contributed by atoms with Crippen LogP contribution in [0.4, 0.5) is 11.4 Å². The smallest absolute Gasteiger partial charge is 0.305 e. The van der Waals surface area contributed by atoms with Gasteiger partial charge in [-0.15, -0.1) is 0 Å². The maximum absolute atomic E-state index is 10.9. The highest BCUT2D eigenvalue weighted by atomic mass is 79.9. The number of carbonyl (C=O) groups is 1. The lowest BCUT2D eigenvalue weighted by molar-refractivity contribution is -0.384. The van der Waals surface area contributed by atoms with E-state index in [4.69, 9.17) is 5.11 Å². The summed E-state index contributed by atoms with van der Waals surface area (Å²) in [6.07, 6.45) is 0.0659. The molecule has 6 nitrogen and oxygen atoms in total. The molecule has 1 N–H and O–H groups in total. The summed E-state index contributed by atoms with van der Waals surface area (Å²) in [6, 6.07) is 4.48. The minimum Gasteiger partial charge on any atom is -0.481 e. The summed E-state index contributed by atoms with van der Waals surface area (Å²) in [5, 5.41) is 19.7. The number of nitrogens with zero attached hydrogens (tertiary/aromatic N) is 2. The summed E-state index contributed by atoms with van der Waals surface area (Å²) >= 11 is 5.07. The van der Waals surface area contributed by atoms with Gasteiger partial charge in [0.2, 0.25) is 0 Å². The van der Waals surface area contributed by atoms with Gasteiger partial charge in [-0.25, -0.2) is 0 Å². The first kappa shape index (κ1) is 15.1. The SMILES string of the molecule is O=C(O)CC1CSCCN1c1ccc([N+](=O)[O-])cc1Br. The number of halogens is 1. The molecule has 1 aromatic rings. The number of carboxylic acids is 1. The van der Waals surface area contributed by atoms with Crippen LogP contribution >= 0.6 is 27.7 Å². The largest absolute Gasteiger partial charge is 0.481 e. The summed E-state index contributed by atoms with van der Waals surface area (Å²) in [5.41, 5.74) is 0.823. The third-order valence-electron chi connectivity index (χ3n) is 3.09. The summed E-state index contributed by atoms with van der Waals surface area (Å²) in [7, 11) is 0. The van der Waals surface area contributed by atoms with Crippen LogP contribution in [-0.2, 0) is 4.79 Å². The summed E-state index contributed by atoms with van der Waals surface area (Å²) in [4.78, 5) is 23.2. The number of non-ortho nitro benzene ring substituents is 1. The number of nitro groups is 1. The van der Waals surface area contributed by atoms with Crippen LogP contribution in [0.15, 0.2) is 22.7 Å². The van der Waals surface area contributed by atoms with Crippen molar-refractivity contribution in [3.8, 4) is 0 Å². The van der Waals surface area contributed by atoms with Gasteiger partial charge in [-0.1, -0.05) is 0 Å². The zero-order valence-electron chi connectivity index (χ0n) is 10.5. The lowest BCUT2D eigenvalue weighted by Gasteiger charge is -2.37. The van der Waals surface area contributed by atoms with Gasteiger partial charge in [0.1, 0.15) is 0 Å². The number of nitro benzene ring substituents is 1. The van der Waals surface area contributed by atoms with Crippen LogP contribution in [0.1, 0.15) is 6.42 Å². The first-order chi connectivity index (χ1) is 9.49. The number of rotatable bonds is 4. The molecule has 0 saturated carbocycles. The number of thioether (sulfide) groups is 1. The summed E-state index contributed by atoms with van der Waals surface area (Å²) in [6.45, 7) is 0.735. The van der Waals surface area contributed by atoms with Crippen molar-refractivity contribution in [2.75, 3.05) is 23.0 Å². The van der Waals surface area contributed by atoms with E-state index in [2.05, 4.69) is 15.9 Å². The van der Waals surface area contributed by atoms with Crippen molar-refractivity contribution in [3.63, 3.8) is 0 Å². The van der Waals surface area contributed by atoms with Crippen molar-refractivity contribution in [2.24, 2.45) is 0 Å². The predicted molar refractivity (Wildman–Crippen MR) is 81.5 cm³/mol. The van der Waals surface area contributed by atoms with Crippen LogP contribution in [0.25, 0.3) is 0 Å². The van der Waals surface area contributed by atoms with Gasteiger partial charge in [-0.05, 0) is 22.0 Å². The van der Waals surface area contributed by atoms with Crippen molar-refractivity contribution in [2.45, 2.75) is 12.5 Å². The molecule has 0 aromatic heterocycles. The third kappa shape index (κ3) is 3.43. The maximum atomic E-state index is 10.9. The first-order valence-electron chi connectivity index (χ1n) is 5.99. The van der Waals surface area contributed by atoms with Gasteiger partial charge < -0.3 is 10.0 Å². The van der Waals surface area contributed by atoms with Crippen molar-refractivity contribution < 1.29 is 14.8 Å². The van der Waals surface area contributed by atoms with Crippen LogP contribution < -0.4 is 4.90 Å². The second kappa shape index (κ2) is 6.45. The van der Waals surface area contributed by atoms with Gasteiger partial charge >= 0.3 is 5.97 Å². The molecular weight excluding hydrogens is 348 g/mol. The third-order valence-corrected chi connectivity index (χ3v) is 4.82. The molecule has 1 aromatic carbocycles. The molecule has 1 unspecified atom stereocenters. The lowest BCUT2D eigenvalue weighted by Crippen LogP contribution is -2.43. The van der Waals surface area contributed by atoms with Crippen molar-refractivity contribution >= 4 is 45.0 Å². The zero-order chi connectivity index (χ0) is 14.7. The average Bonchev–Trinajstić information content (AvgIpc) is 2.39. The molecule has 0 spiro atoms. The fraction of sp³-hybridized carbons (Fsp3) is 0.417. The molecular formula is C12H13BrN2O4S. The Bertz CT molecular complexity index is 540. The minimum absolute atomic E-state index is 0.0156. The highest BCUT2D eigenvalue weighted by Crippen LogP contribution is 2.34. The van der Waals surface area contributed by atoms with Gasteiger partial charge in [0.25, 0.3) is 5.69 Å². The average molecular weight is 361 g/mol. The fourth-order valence-electron chi connectivity index (χ4n) is 2.18. The molecule has 1 aliphatic rings. The number of aliphatic carboxylic acids is 1. The Hall–Kier alpha value is -1.28. The van der Waals surface area contributed by atoms with Crippen LogP contribution in [-0.4, -0.2) is 40.1 Å². The number of hydrogen-bond acceptors (Lipinski definition) is 5. The molecule has 8 heteroatoms. The van der Waals surface area contributed by atoms with Crippen molar-refractivity contribution in [1.29, 1.82) is 0 Å². The van der Waals surface area contributed by atoms with Crippen LogP contribution in [0, 0.1) is 10.1 Å². The second-order valence-electron chi connectivity index (χ2n) is 4.41. The lowest BCUT2D eigenvalue weighted by atomic mass is 10.1. The topological polar surface area (TPSA) is 83.7 Å². The van der Waals surface area contributed by atoms with E-state index in [1.165, 1.54) is 12.1 Å². The van der Waals surface area contributed by atoms with Gasteiger partial charge in [0.05, 0.1) is 17.0 Å². The molecule has 0 aliphatic carbocycles. The van der Waals surface area contributed by atoms with E-state index >= 15 is 0 Å². The molecule has 1 aliphatic heterocycles. The Labute approximate surface area is 128 Å². The second-order valence-corrected chi connectivity index (χ2v) is 6.42. The molecule has 2 rings (SSSR count). The van der Waals surface area contributed by atoms with E-state index in [1.54, 1.807) is 17.8 Å².